The molecule has 2 N–H and O–H groups in total. The second kappa shape index (κ2) is 5.68. The summed E-state index contributed by atoms with van der Waals surface area (Å²) in [5.74, 6) is 0.836. The Hall–Kier alpha value is -1.55. The van der Waals surface area contributed by atoms with Gasteiger partial charge in [0.25, 0.3) is 5.91 Å². The van der Waals surface area contributed by atoms with E-state index in [0.717, 1.165) is 17.9 Å². The molecule has 1 aromatic carbocycles. The zero-order valence-corrected chi connectivity index (χ0v) is 12.8. The SMILES string of the molecule is CC1(C)CCCNC1CNC(=O)C1Cc2ccccc2O1. The third-order valence-corrected chi connectivity index (χ3v) is 4.75. The molecule has 21 heavy (non-hydrogen) atoms. The minimum atomic E-state index is -0.380. The number of fused-ring (bicyclic) bond motifs is 1. The van der Waals surface area contributed by atoms with E-state index in [1.165, 1.54) is 12.8 Å². The average molecular weight is 288 g/mol. The van der Waals surface area contributed by atoms with Crippen molar-refractivity contribution in [2.75, 3.05) is 13.1 Å². The summed E-state index contributed by atoms with van der Waals surface area (Å²) in [4.78, 5) is 12.3. The Bertz CT molecular complexity index is 502. The molecule has 0 spiro atoms. The first-order valence-electron chi connectivity index (χ1n) is 7.82. The molecule has 2 aliphatic rings. The first-order valence-corrected chi connectivity index (χ1v) is 7.82. The number of carbonyl (C=O) groups excluding carboxylic acids is 1. The molecule has 1 aromatic rings. The van der Waals surface area contributed by atoms with Gasteiger partial charge in [0.15, 0.2) is 6.10 Å². The number of ether oxygens (including phenoxy) is 1. The monoisotopic (exact) mass is 288 g/mol. The molecule has 0 saturated carbocycles. The van der Waals surface area contributed by atoms with Crippen molar-refractivity contribution < 1.29 is 9.53 Å². The second-order valence-electron chi connectivity index (χ2n) is 6.76. The van der Waals surface area contributed by atoms with Crippen LogP contribution in [0, 0.1) is 5.41 Å². The van der Waals surface area contributed by atoms with Crippen molar-refractivity contribution in [1.29, 1.82) is 0 Å². The number of hydrogen-bond acceptors (Lipinski definition) is 3. The Balaban J connectivity index is 1.54. The van der Waals surface area contributed by atoms with E-state index in [4.69, 9.17) is 4.74 Å². The summed E-state index contributed by atoms with van der Waals surface area (Å²) in [5.41, 5.74) is 1.35. The van der Waals surface area contributed by atoms with Gasteiger partial charge < -0.3 is 15.4 Å². The highest BCUT2D eigenvalue weighted by Crippen LogP contribution is 2.30. The maximum Gasteiger partial charge on any atom is 0.261 e. The Morgan fingerprint density at radius 2 is 2.24 bits per heavy atom. The molecule has 1 amide bonds. The van der Waals surface area contributed by atoms with Crippen LogP contribution in [0.5, 0.6) is 5.75 Å². The predicted octanol–water partition coefficient (Wildman–Crippen LogP) is 1.88. The summed E-state index contributed by atoms with van der Waals surface area (Å²) in [6, 6.07) is 8.20. The number of nitrogens with one attached hydrogen (secondary N) is 2. The lowest BCUT2D eigenvalue weighted by Crippen LogP contribution is -2.54. The van der Waals surface area contributed by atoms with Crippen molar-refractivity contribution >= 4 is 5.91 Å². The number of para-hydroxylation sites is 1. The summed E-state index contributed by atoms with van der Waals surface area (Å²) >= 11 is 0. The number of carbonyl (C=O) groups is 1. The van der Waals surface area contributed by atoms with Crippen molar-refractivity contribution in [3.05, 3.63) is 29.8 Å². The van der Waals surface area contributed by atoms with Crippen LogP contribution in [-0.2, 0) is 11.2 Å². The fourth-order valence-electron chi connectivity index (χ4n) is 3.26. The highest BCUT2D eigenvalue weighted by atomic mass is 16.5. The zero-order valence-electron chi connectivity index (χ0n) is 12.8. The van der Waals surface area contributed by atoms with E-state index in [1.807, 2.05) is 24.3 Å². The summed E-state index contributed by atoms with van der Waals surface area (Å²) in [6.45, 7) is 6.23. The largest absolute Gasteiger partial charge is 0.480 e. The van der Waals surface area contributed by atoms with Crippen molar-refractivity contribution in [3.63, 3.8) is 0 Å². The van der Waals surface area contributed by atoms with Gasteiger partial charge in [-0.3, -0.25) is 4.79 Å². The van der Waals surface area contributed by atoms with Gasteiger partial charge in [-0.1, -0.05) is 32.0 Å². The average Bonchev–Trinajstić information content (AvgIpc) is 2.89. The lowest BCUT2D eigenvalue weighted by atomic mass is 9.77. The van der Waals surface area contributed by atoms with Crippen LogP contribution < -0.4 is 15.4 Å². The Morgan fingerprint density at radius 1 is 1.43 bits per heavy atom. The van der Waals surface area contributed by atoms with Crippen LogP contribution >= 0.6 is 0 Å². The molecule has 114 valence electrons. The molecule has 1 saturated heterocycles. The van der Waals surface area contributed by atoms with Crippen molar-refractivity contribution in [1.82, 2.24) is 10.6 Å². The summed E-state index contributed by atoms with van der Waals surface area (Å²) < 4.78 is 5.73. The van der Waals surface area contributed by atoms with Gasteiger partial charge in [-0.2, -0.15) is 0 Å². The van der Waals surface area contributed by atoms with Gasteiger partial charge in [0.05, 0.1) is 0 Å². The smallest absolute Gasteiger partial charge is 0.261 e. The fraction of sp³-hybridized carbons (Fsp3) is 0.588. The normalized spacial score (nSPS) is 26.8. The molecule has 2 unspecified atom stereocenters. The number of piperidine rings is 1. The van der Waals surface area contributed by atoms with E-state index >= 15 is 0 Å². The van der Waals surface area contributed by atoms with Crippen LogP contribution in [0.1, 0.15) is 32.3 Å². The number of rotatable bonds is 3. The fourth-order valence-corrected chi connectivity index (χ4v) is 3.26. The maximum atomic E-state index is 12.3. The van der Waals surface area contributed by atoms with Gasteiger partial charge in [-0.05, 0) is 36.4 Å². The predicted molar refractivity (Wildman–Crippen MR) is 82.4 cm³/mol. The molecular weight excluding hydrogens is 264 g/mol. The topological polar surface area (TPSA) is 50.4 Å². The van der Waals surface area contributed by atoms with Crippen LogP contribution in [0.15, 0.2) is 24.3 Å². The molecule has 2 heterocycles. The lowest BCUT2D eigenvalue weighted by molar-refractivity contribution is -0.127. The molecule has 1 fully saturated rings. The molecule has 3 rings (SSSR count). The van der Waals surface area contributed by atoms with Gasteiger partial charge in [-0.15, -0.1) is 0 Å². The van der Waals surface area contributed by atoms with Crippen LogP contribution in [0.3, 0.4) is 0 Å². The van der Waals surface area contributed by atoms with Gasteiger partial charge >= 0.3 is 0 Å². The van der Waals surface area contributed by atoms with Crippen molar-refractivity contribution in [3.8, 4) is 5.75 Å². The van der Waals surface area contributed by atoms with Crippen LogP contribution in [0.4, 0.5) is 0 Å². The van der Waals surface area contributed by atoms with Gasteiger partial charge in [0, 0.05) is 19.0 Å². The Kier molecular flexibility index (Phi) is 3.89. The zero-order chi connectivity index (χ0) is 14.9. The molecular formula is C17H24N2O2. The van der Waals surface area contributed by atoms with Gasteiger partial charge in [0.2, 0.25) is 0 Å². The number of benzene rings is 1. The van der Waals surface area contributed by atoms with Crippen LogP contribution in [-0.4, -0.2) is 31.1 Å². The molecule has 0 bridgehead atoms. The maximum absolute atomic E-state index is 12.3. The van der Waals surface area contributed by atoms with Crippen LogP contribution in [0.2, 0.25) is 0 Å². The quantitative estimate of drug-likeness (QED) is 0.893. The summed E-state index contributed by atoms with van der Waals surface area (Å²) in [7, 11) is 0. The van der Waals surface area contributed by atoms with Crippen molar-refractivity contribution in [2.45, 2.75) is 45.3 Å². The number of hydrogen-bond donors (Lipinski definition) is 2. The highest BCUT2D eigenvalue weighted by Gasteiger charge is 2.34. The molecule has 0 aliphatic carbocycles. The molecule has 0 aromatic heterocycles. The lowest BCUT2D eigenvalue weighted by Gasteiger charge is -2.39. The van der Waals surface area contributed by atoms with E-state index < -0.39 is 0 Å². The molecule has 4 nitrogen and oxygen atoms in total. The van der Waals surface area contributed by atoms with E-state index in [9.17, 15) is 4.79 Å². The van der Waals surface area contributed by atoms with E-state index in [0.29, 0.717) is 19.0 Å². The van der Waals surface area contributed by atoms with Gasteiger partial charge in [-0.25, -0.2) is 0 Å². The first-order chi connectivity index (χ1) is 10.1. The Labute approximate surface area is 126 Å². The first kappa shape index (κ1) is 14.4. The minimum absolute atomic E-state index is 0.00521. The minimum Gasteiger partial charge on any atom is -0.480 e. The third kappa shape index (κ3) is 3.05. The molecule has 2 aliphatic heterocycles. The van der Waals surface area contributed by atoms with E-state index in [-0.39, 0.29) is 17.4 Å². The molecule has 2 atom stereocenters. The van der Waals surface area contributed by atoms with E-state index in [2.05, 4.69) is 24.5 Å². The second-order valence-corrected chi connectivity index (χ2v) is 6.76. The summed E-state index contributed by atoms with van der Waals surface area (Å²) in [5, 5.41) is 6.58. The third-order valence-electron chi connectivity index (χ3n) is 4.75. The summed E-state index contributed by atoms with van der Waals surface area (Å²) in [6.07, 6.45) is 2.70. The standard InChI is InChI=1S/C17H24N2O2/c1-17(2)8-5-9-18-15(17)11-19-16(20)14-10-12-6-3-4-7-13(12)21-14/h3-4,6-7,14-15,18H,5,8-11H2,1-2H3,(H,19,20). The van der Waals surface area contributed by atoms with Gasteiger partial charge in [0.1, 0.15) is 5.75 Å². The van der Waals surface area contributed by atoms with E-state index in [1.54, 1.807) is 0 Å². The van der Waals surface area contributed by atoms with Crippen molar-refractivity contribution in [2.24, 2.45) is 5.41 Å². The molecule has 0 radical (unpaired) electrons. The molecule has 4 heteroatoms. The number of amides is 1. The highest BCUT2D eigenvalue weighted by molar-refractivity contribution is 5.82. The van der Waals surface area contributed by atoms with Crippen LogP contribution in [0.25, 0.3) is 0 Å². The Morgan fingerprint density at radius 3 is 3.00 bits per heavy atom.